The number of hydrogen-bond acceptors (Lipinski definition) is 2. The first-order valence-corrected chi connectivity index (χ1v) is 7.56. The van der Waals surface area contributed by atoms with Gasteiger partial charge in [0.1, 0.15) is 6.04 Å². The quantitative estimate of drug-likeness (QED) is 0.912. The maximum absolute atomic E-state index is 12.9. The van der Waals surface area contributed by atoms with Gasteiger partial charge in [0, 0.05) is 18.1 Å². The predicted octanol–water partition coefficient (Wildman–Crippen LogP) is 2.35. The van der Waals surface area contributed by atoms with Gasteiger partial charge in [0.15, 0.2) is 0 Å². The molecule has 2 rings (SSSR count). The molecule has 2 amide bonds. The molecule has 1 aliphatic rings. The van der Waals surface area contributed by atoms with Crippen LogP contribution < -0.4 is 5.32 Å². The first-order valence-electron chi connectivity index (χ1n) is 7.19. The summed E-state index contributed by atoms with van der Waals surface area (Å²) in [7, 11) is 0. The molecule has 5 heteroatoms. The lowest BCUT2D eigenvalue weighted by atomic mass is 9.83. The summed E-state index contributed by atoms with van der Waals surface area (Å²) in [5.74, 6) is -0.123. The summed E-state index contributed by atoms with van der Waals surface area (Å²) in [4.78, 5) is 26.5. The lowest BCUT2D eigenvalue weighted by Gasteiger charge is -2.34. The fourth-order valence-electron chi connectivity index (χ4n) is 2.57. The average molecular weight is 309 g/mol. The highest BCUT2D eigenvalue weighted by Gasteiger charge is 2.38. The third-order valence-corrected chi connectivity index (χ3v) is 4.34. The van der Waals surface area contributed by atoms with Gasteiger partial charge in [-0.15, -0.1) is 0 Å². The zero-order valence-electron chi connectivity index (χ0n) is 12.6. The maximum atomic E-state index is 12.9. The Bertz CT molecular complexity index is 540. The van der Waals surface area contributed by atoms with Gasteiger partial charge in [-0.1, -0.05) is 23.7 Å². The molecule has 0 radical (unpaired) electrons. The van der Waals surface area contributed by atoms with Crippen molar-refractivity contribution in [1.29, 1.82) is 0 Å². The van der Waals surface area contributed by atoms with E-state index in [-0.39, 0.29) is 11.8 Å². The van der Waals surface area contributed by atoms with Crippen molar-refractivity contribution < 1.29 is 9.59 Å². The highest BCUT2D eigenvalue weighted by atomic mass is 35.5. The minimum atomic E-state index is -0.691. The number of rotatable bonds is 2. The topological polar surface area (TPSA) is 49.4 Å². The van der Waals surface area contributed by atoms with Gasteiger partial charge in [-0.3, -0.25) is 9.59 Å². The van der Waals surface area contributed by atoms with Crippen molar-refractivity contribution in [3.05, 3.63) is 34.9 Å². The zero-order chi connectivity index (χ0) is 15.6. The second-order valence-electron chi connectivity index (χ2n) is 5.95. The van der Waals surface area contributed by atoms with Crippen molar-refractivity contribution in [3.8, 4) is 0 Å². The van der Waals surface area contributed by atoms with Gasteiger partial charge in [0.25, 0.3) is 0 Å². The van der Waals surface area contributed by atoms with Gasteiger partial charge < -0.3 is 10.2 Å². The number of nitrogens with zero attached hydrogens (tertiary/aromatic N) is 1. The van der Waals surface area contributed by atoms with Crippen LogP contribution in [0.4, 0.5) is 0 Å². The van der Waals surface area contributed by atoms with E-state index < -0.39 is 11.5 Å². The molecule has 0 spiro atoms. The van der Waals surface area contributed by atoms with Gasteiger partial charge in [0.2, 0.25) is 11.8 Å². The summed E-state index contributed by atoms with van der Waals surface area (Å²) in [5, 5.41) is 3.47. The van der Waals surface area contributed by atoms with E-state index in [0.29, 0.717) is 18.1 Å². The highest BCUT2D eigenvalue weighted by Crippen LogP contribution is 2.28. The summed E-state index contributed by atoms with van der Waals surface area (Å²) in [6, 6.07) is 6.85. The third kappa shape index (κ3) is 3.21. The van der Waals surface area contributed by atoms with Crippen LogP contribution in [0.3, 0.4) is 0 Å². The first kappa shape index (κ1) is 15.8. The number of nitrogens with one attached hydrogen (secondary N) is 1. The second kappa shape index (κ2) is 6.06. The van der Waals surface area contributed by atoms with Crippen LogP contribution >= 0.6 is 11.6 Å². The number of hydrogen-bond donors (Lipinski definition) is 1. The Hall–Kier alpha value is -1.55. The molecule has 4 nitrogen and oxygen atoms in total. The molecule has 0 saturated carbocycles. The normalized spacial score (nSPS) is 19.9. The van der Waals surface area contributed by atoms with Crippen LogP contribution in [0.5, 0.6) is 0 Å². The molecule has 1 N–H and O–H groups in total. The second-order valence-corrected chi connectivity index (χ2v) is 6.39. The highest BCUT2D eigenvalue weighted by molar-refractivity contribution is 6.30. The molecule has 21 heavy (non-hydrogen) atoms. The Kier molecular flexibility index (Phi) is 4.57. The first-order chi connectivity index (χ1) is 9.84. The minimum absolute atomic E-state index is 0.0330. The van der Waals surface area contributed by atoms with Gasteiger partial charge in [-0.2, -0.15) is 0 Å². The van der Waals surface area contributed by atoms with Gasteiger partial charge in [-0.05, 0) is 44.9 Å². The molecule has 1 aromatic carbocycles. The summed E-state index contributed by atoms with van der Waals surface area (Å²) in [6.45, 7) is 6.75. The number of halogens is 1. The Morgan fingerprint density at radius 1 is 1.33 bits per heavy atom. The standard InChI is InChI=1S/C16H21ClN2O2/c1-11-14(20)18-9-4-10-19(11)15(21)16(2,3)12-5-7-13(17)8-6-12/h5-8,11H,4,9-10H2,1-3H3,(H,18,20)/t11-/m1/s1. The maximum Gasteiger partial charge on any atom is 0.242 e. The summed E-state index contributed by atoms with van der Waals surface area (Å²) in [5.41, 5.74) is 0.206. The Balaban J connectivity index is 2.28. The predicted molar refractivity (Wildman–Crippen MR) is 83.3 cm³/mol. The van der Waals surface area contributed by atoms with Crippen LogP contribution in [0.2, 0.25) is 5.02 Å². The van der Waals surface area contributed by atoms with E-state index in [4.69, 9.17) is 11.6 Å². The molecule has 0 aliphatic carbocycles. The van der Waals surface area contributed by atoms with Crippen molar-refractivity contribution >= 4 is 23.4 Å². The Labute approximate surface area is 130 Å². The SMILES string of the molecule is C[C@@H]1C(=O)NCCCN1C(=O)C(C)(C)c1ccc(Cl)cc1. The number of carbonyl (C=O) groups is 2. The number of amides is 2. The van der Waals surface area contributed by atoms with E-state index in [1.165, 1.54) is 0 Å². The van der Waals surface area contributed by atoms with Crippen molar-refractivity contribution in [2.45, 2.75) is 38.6 Å². The monoisotopic (exact) mass is 308 g/mol. The molecule has 0 aromatic heterocycles. The molecular weight excluding hydrogens is 288 g/mol. The van der Waals surface area contributed by atoms with Crippen molar-refractivity contribution in [2.24, 2.45) is 0 Å². The minimum Gasteiger partial charge on any atom is -0.354 e. The van der Waals surface area contributed by atoms with Crippen molar-refractivity contribution in [2.75, 3.05) is 13.1 Å². The summed E-state index contributed by atoms with van der Waals surface area (Å²) < 4.78 is 0. The molecule has 1 aliphatic heterocycles. The molecule has 114 valence electrons. The van der Waals surface area contributed by atoms with Crippen LogP contribution in [0, 0.1) is 0 Å². The van der Waals surface area contributed by atoms with E-state index in [1.54, 1.807) is 24.0 Å². The van der Waals surface area contributed by atoms with Crippen LogP contribution in [-0.4, -0.2) is 35.8 Å². The molecule has 1 fully saturated rings. The van der Waals surface area contributed by atoms with E-state index in [0.717, 1.165) is 12.0 Å². The molecule has 0 bridgehead atoms. The van der Waals surface area contributed by atoms with Crippen LogP contribution in [0.25, 0.3) is 0 Å². The zero-order valence-corrected chi connectivity index (χ0v) is 13.4. The average Bonchev–Trinajstić information content (AvgIpc) is 2.61. The molecule has 0 unspecified atom stereocenters. The van der Waals surface area contributed by atoms with Crippen LogP contribution in [0.1, 0.15) is 32.8 Å². The molecule has 1 aromatic rings. The number of carbonyl (C=O) groups excluding carboxylic acids is 2. The third-order valence-electron chi connectivity index (χ3n) is 4.08. The fraction of sp³-hybridized carbons (Fsp3) is 0.500. The lowest BCUT2D eigenvalue weighted by Crippen LogP contribution is -2.51. The van der Waals surface area contributed by atoms with E-state index in [2.05, 4.69) is 5.32 Å². The lowest BCUT2D eigenvalue weighted by molar-refractivity contribution is -0.142. The van der Waals surface area contributed by atoms with E-state index in [1.807, 2.05) is 26.0 Å². The fourth-order valence-corrected chi connectivity index (χ4v) is 2.70. The van der Waals surface area contributed by atoms with Crippen molar-refractivity contribution in [3.63, 3.8) is 0 Å². The van der Waals surface area contributed by atoms with Crippen LogP contribution in [-0.2, 0) is 15.0 Å². The van der Waals surface area contributed by atoms with E-state index >= 15 is 0 Å². The van der Waals surface area contributed by atoms with Gasteiger partial charge in [0.05, 0.1) is 5.41 Å². The number of benzene rings is 1. The Morgan fingerprint density at radius 2 is 1.95 bits per heavy atom. The smallest absolute Gasteiger partial charge is 0.242 e. The molecule has 1 saturated heterocycles. The summed E-state index contributed by atoms with van der Waals surface area (Å²) in [6.07, 6.45) is 0.776. The Morgan fingerprint density at radius 3 is 2.57 bits per heavy atom. The van der Waals surface area contributed by atoms with Crippen molar-refractivity contribution in [1.82, 2.24) is 10.2 Å². The molecule has 1 atom stereocenters. The molecule has 1 heterocycles. The van der Waals surface area contributed by atoms with E-state index in [9.17, 15) is 9.59 Å². The molecular formula is C16H21ClN2O2. The largest absolute Gasteiger partial charge is 0.354 e. The van der Waals surface area contributed by atoms with Gasteiger partial charge in [-0.25, -0.2) is 0 Å². The van der Waals surface area contributed by atoms with Gasteiger partial charge >= 0.3 is 0 Å². The summed E-state index contributed by atoms with van der Waals surface area (Å²) >= 11 is 5.91. The van der Waals surface area contributed by atoms with Crippen LogP contribution in [0.15, 0.2) is 24.3 Å².